The maximum atomic E-state index is 14.5. The first kappa shape index (κ1) is 14.9. The molecule has 0 spiro atoms. The van der Waals surface area contributed by atoms with E-state index >= 15 is 0 Å². The normalized spacial score (nSPS) is 31.3. The first-order valence-electron chi connectivity index (χ1n) is 7.83. The van der Waals surface area contributed by atoms with Crippen molar-refractivity contribution in [1.82, 2.24) is 10.2 Å². The van der Waals surface area contributed by atoms with Gasteiger partial charge in [0.1, 0.15) is 0 Å². The number of nitrogens with zero attached hydrogens (tertiary/aromatic N) is 1. The third kappa shape index (κ3) is 3.11. The molecule has 0 aromatic heterocycles. The molecule has 1 aromatic carbocycles. The molecule has 116 valence electrons. The number of nitrogens with one attached hydrogen (secondary N) is 1. The summed E-state index contributed by atoms with van der Waals surface area (Å²) in [5.41, 5.74) is 0.114. The lowest BCUT2D eigenvalue weighted by Crippen LogP contribution is -2.64. The van der Waals surface area contributed by atoms with Gasteiger partial charge in [0.05, 0.1) is 6.54 Å². The summed E-state index contributed by atoms with van der Waals surface area (Å²) in [6.07, 6.45) is 2.45. The monoisotopic (exact) mass is 294 g/mol. The first-order valence-corrected chi connectivity index (χ1v) is 7.83. The number of piperazine rings is 1. The zero-order valence-electron chi connectivity index (χ0n) is 12.8. The summed E-state index contributed by atoms with van der Waals surface area (Å²) in [6, 6.07) is 8.32. The molecule has 0 radical (unpaired) electrons. The predicted molar refractivity (Wildman–Crippen MR) is 80.5 cm³/mol. The third-order valence-corrected chi connectivity index (χ3v) is 5.03. The van der Waals surface area contributed by atoms with Crippen LogP contribution in [0.5, 0.6) is 0 Å². The van der Waals surface area contributed by atoms with Crippen LogP contribution in [0.15, 0.2) is 30.3 Å². The number of halogens is 2. The van der Waals surface area contributed by atoms with Gasteiger partial charge in [0.15, 0.2) is 0 Å². The van der Waals surface area contributed by atoms with Crippen molar-refractivity contribution in [2.45, 2.75) is 44.2 Å². The summed E-state index contributed by atoms with van der Waals surface area (Å²) in [6.45, 7) is 5.52. The second kappa shape index (κ2) is 5.33. The summed E-state index contributed by atoms with van der Waals surface area (Å²) in [4.78, 5) is 1.96. The van der Waals surface area contributed by atoms with Gasteiger partial charge in [0, 0.05) is 30.2 Å². The molecule has 1 heterocycles. The molecule has 1 aliphatic heterocycles. The van der Waals surface area contributed by atoms with Gasteiger partial charge in [-0.25, -0.2) is 0 Å². The molecule has 1 saturated heterocycles. The van der Waals surface area contributed by atoms with Crippen LogP contribution in [0.3, 0.4) is 0 Å². The van der Waals surface area contributed by atoms with Crippen molar-refractivity contribution in [3.63, 3.8) is 0 Å². The standard InChI is InChI=1S/C17H24F2N2/c1-13-10-20-16(2,14-8-9-14)11-21(13)12-17(18,19)15-6-4-3-5-7-15/h3-7,13-14,20H,8-12H2,1-2H3. The van der Waals surface area contributed by atoms with E-state index in [-0.39, 0.29) is 23.7 Å². The average molecular weight is 294 g/mol. The Labute approximate surface area is 125 Å². The number of rotatable bonds is 4. The zero-order valence-corrected chi connectivity index (χ0v) is 12.8. The smallest absolute Gasteiger partial charge is 0.285 e. The minimum atomic E-state index is -2.79. The molecule has 2 nitrogen and oxygen atoms in total. The Morgan fingerprint density at radius 2 is 1.95 bits per heavy atom. The van der Waals surface area contributed by atoms with Crippen LogP contribution >= 0.6 is 0 Å². The van der Waals surface area contributed by atoms with Gasteiger partial charge in [-0.2, -0.15) is 8.78 Å². The van der Waals surface area contributed by atoms with E-state index in [1.807, 2.05) is 11.8 Å². The van der Waals surface area contributed by atoms with Crippen molar-refractivity contribution in [2.24, 2.45) is 5.92 Å². The molecule has 4 heteroatoms. The largest absolute Gasteiger partial charge is 0.308 e. The van der Waals surface area contributed by atoms with Gasteiger partial charge < -0.3 is 5.32 Å². The fraction of sp³-hybridized carbons (Fsp3) is 0.647. The fourth-order valence-electron chi connectivity index (χ4n) is 3.38. The molecule has 2 unspecified atom stereocenters. The summed E-state index contributed by atoms with van der Waals surface area (Å²) < 4.78 is 29.0. The van der Waals surface area contributed by atoms with E-state index in [1.54, 1.807) is 18.2 Å². The molecule has 2 atom stereocenters. The molecule has 1 aromatic rings. The minimum absolute atomic E-state index is 0.000716. The van der Waals surface area contributed by atoms with Crippen molar-refractivity contribution < 1.29 is 8.78 Å². The van der Waals surface area contributed by atoms with E-state index in [4.69, 9.17) is 0 Å². The zero-order chi connectivity index (χ0) is 15.1. The summed E-state index contributed by atoms with van der Waals surface area (Å²) in [5, 5.41) is 3.58. The van der Waals surface area contributed by atoms with Crippen LogP contribution < -0.4 is 5.32 Å². The maximum Gasteiger partial charge on any atom is 0.285 e. The van der Waals surface area contributed by atoms with Crippen LogP contribution in [-0.2, 0) is 5.92 Å². The third-order valence-electron chi connectivity index (χ3n) is 5.03. The SMILES string of the molecule is CC1CNC(C)(C2CC2)CN1CC(F)(F)c1ccccc1. The molecule has 1 N–H and O–H groups in total. The number of benzene rings is 1. The highest BCUT2D eigenvalue weighted by atomic mass is 19.3. The van der Waals surface area contributed by atoms with Crippen molar-refractivity contribution in [2.75, 3.05) is 19.6 Å². The number of hydrogen-bond donors (Lipinski definition) is 1. The molecule has 1 aliphatic carbocycles. The number of hydrogen-bond acceptors (Lipinski definition) is 2. The predicted octanol–water partition coefficient (Wildman–Crippen LogP) is 3.24. The highest BCUT2D eigenvalue weighted by Gasteiger charge is 2.47. The topological polar surface area (TPSA) is 15.3 Å². The fourth-order valence-corrected chi connectivity index (χ4v) is 3.38. The van der Waals surface area contributed by atoms with Gasteiger partial charge in [-0.1, -0.05) is 30.3 Å². The molecule has 2 fully saturated rings. The van der Waals surface area contributed by atoms with Gasteiger partial charge >= 0.3 is 0 Å². The molecule has 21 heavy (non-hydrogen) atoms. The van der Waals surface area contributed by atoms with Crippen molar-refractivity contribution in [1.29, 1.82) is 0 Å². The Hall–Kier alpha value is -1.00. The van der Waals surface area contributed by atoms with Crippen LogP contribution in [-0.4, -0.2) is 36.1 Å². The van der Waals surface area contributed by atoms with Gasteiger partial charge in [0.25, 0.3) is 5.92 Å². The second-order valence-electron chi connectivity index (χ2n) is 6.90. The Morgan fingerprint density at radius 3 is 2.57 bits per heavy atom. The van der Waals surface area contributed by atoms with Crippen LogP contribution in [0.1, 0.15) is 32.3 Å². The lowest BCUT2D eigenvalue weighted by molar-refractivity contribution is -0.0623. The van der Waals surface area contributed by atoms with E-state index in [0.29, 0.717) is 12.5 Å². The Kier molecular flexibility index (Phi) is 3.78. The molecule has 0 bridgehead atoms. The summed E-state index contributed by atoms with van der Waals surface area (Å²) in [7, 11) is 0. The van der Waals surface area contributed by atoms with Crippen molar-refractivity contribution in [3.05, 3.63) is 35.9 Å². The molecular formula is C17H24F2N2. The van der Waals surface area contributed by atoms with Gasteiger partial charge in [0.2, 0.25) is 0 Å². The van der Waals surface area contributed by atoms with Crippen molar-refractivity contribution in [3.8, 4) is 0 Å². The highest BCUT2D eigenvalue weighted by Crippen LogP contribution is 2.42. The van der Waals surface area contributed by atoms with Crippen LogP contribution in [0.2, 0.25) is 0 Å². The molecular weight excluding hydrogens is 270 g/mol. The van der Waals surface area contributed by atoms with Crippen molar-refractivity contribution >= 4 is 0 Å². The molecule has 3 rings (SSSR count). The first-order chi connectivity index (χ1) is 9.91. The maximum absolute atomic E-state index is 14.5. The van der Waals surface area contributed by atoms with Gasteiger partial charge in [-0.05, 0) is 32.6 Å². The average Bonchev–Trinajstić information content (AvgIpc) is 3.29. The van der Waals surface area contributed by atoms with Crippen LogP contribution in [0.25, 0.3) is 0 Å². The van der Waals surface area contributed by atoms with E-state index in [2.05, 4.69) is 12.2 Å². The lowest BCUT2D eigenvalue weighted by Gasteiger charge is -2.46. The number of alkyl halides is 2. The lowest BCUT2D eigenvalue weighted by atomic mass is 9.90. The van der Waals surface area contributed by atoms with E-state index in [9.17, 15) is 8.78 Å². The van der Waals surface area contributed by atoms with E-state index < -0.39 is 5.92 Å². The quantitative estimate of drug-likeness (QED) is 0.917. The van der Waals surface area contributed by atoms with E-state index in [1.165, 1.54) is 25.0 Å². The summed E-state index contributed by atoms with van der Waals surface area (Å²) in [5.74, 6) is -2.14. The van der Waals surface area contributed by atoms with E-state index in [0.717, 1.165) is 6.54 Å². The van der Waals surface area contributed by atoms with Crippen LogP contribution in [0.4, 0.5) is 8.78 Å². The molecule has 0 amide bonds. The van der Waals surface area contributed by atoms with Crippen LogP contribution in [0, 0.1) is 5.92 Å². The minimum Gasteiger partial charge on any atom is -0.308 e. The molecule has 1 saturated carbocycles. The Morgan fingerprint density at radius 1 is 1.29 bits per heavy atom. The molecule has 2 aliphatic rings. The Balaban J connectivity index is 1.73. The van der Waals surface area contributed by atoms with Gasteiger partial charge in [-0.15, -0.1) is 0 Å². The van der Waals surface area contributed by atoms with Gasteiger partial charge in [-0.3, -0.25) is 4.90 Å². The Bertz CT molecular complexity index is 487. The second-order valence-corrected chi connectivity index (χ2v) is 6.90. The summed E-state index contributed by atoms with van der Waals surface area (Å²) >= 11 is 0. The highest BCUT2D eigenvalue weighted by molar-refractivity contribution is 5.20.